The lowest BCUT2D eigenvalue weighted by Crippen LogP contribution is -2.51. The first-order chi connectivity index (χ1) is 25.8. The molecule has 3 aliphatic rings. The second-order valence-corrected chi connectivity index (χ2v) is 15.4. The van der Waals surface area contributed by atoms with E-state index in [1.165, 1.54) is 22.6 Å². The molecule has 9 N–H and O–H groups in total. The van der Waals surface area contributed by atoms with Crippen LogP contribution in [0.25, 0.3) is 10.8 Å². The molecule has 11 nitrogen and oxygen atoms in total. The van der Waals surface area contributed by atoms with Crippen LogP contribution in [-0.4, -0.2) is 71.0 Å². The van der Waals surface area contributed by atoms with Crippen LogP contribution < -0.4 is 22.1 Å². The molecule has 2 aliphatic carbocycles. The number of nitrogens with one attached hydrogen (secondary N) is 3. The standard InChI is InChI=1S/C42H56N6O5/c43-31(12-9-27(25-51)4-3-18-49)5-1-6-32-35-22-29(34-21-28-10-8-26(15-19-50)20-30(28)23-36(32)34)11-13-33(35)41(48-39-7-2-16-45-39)37(24-40(52)53)38-14-17-46-42(44)47-38/h2,7-8,10,16,19-21,23-25,27,29,31-33,35,38,41,45,48-49H,1,3-6,9,11-15,17-18,22,43H2,(H,52,53)(H3,44,46,47)/b37-24+/t27-,29-,31-,32-,33+,35+,38-,41-/m1/s1. The molecule has 0 spiro atoms. The van der Waals surface area contributed by atoms with Gasteiger partial charge in [0.05, 0.1) is 12.1 Å². The number of H-pyrrole nitrogens is 1. The molecular weight excluding hydrogens is 668 g/mol. The Morgan fingerprint density at radius 3 is 2.60 bits per heavy atom. The highest BCUT2D eigenvalue weighted by molar-refractivity contribution is 5.86. The van der Waals surface area contributed by atoms with Crippen LogP contribution in [0, 0.1) is 17.8 Å². The first-order valence-electron chi connectivity index (χ1n) is 19.5. The minimum absolute atomic E-state index is 0.0241. The second kappa shape index (κ2) is 18.0. The van der Waals surface area contributed by atoms with Crippen molar-refractivity contribution < 1.29 is 24.6 Å². The minimum atomic E-state index is -0.986. The zero-order valence-corrected chi connectivity index (χ0v) is 30.6. The van der Waals surface area contributed by atoms with Gasteiger partial charge in [-0.25, -0.2) is 4.79 Å². The SMILES string of the molecule is NC1=NCC[C@H](/C(=C\C(=O)O)[C@H](Nc2ccc[nH]2)[C@H]2CC[C@@H]3C[C@H]2[C@@H](CCC[C@@H](N)CC[C@H](C=O)CCCO)c2cc4cc(CC=O)ccc4cc23)N1. The predicted molar refractivity (Wildman–Crippen MR) is 209 cm³/mol. The van der Waals surface area contributed by atoms with Gasteiger partial charge in [-0.3, -0.25) is 4.99 Å². The van der Waals surface area contributed by atoms with Crippen molar-refractivity contribution in [1.29, 1.82) is 0 Å². The summed E-state index contributed by atoms with van der Waals surface area (Å²) in [6, 6.07) is 14.4. The Bertz CT molecular complexity index is 1770. The summed E-state index contributed by atoms with van der Waals surface area (Å²) in [7, 11) is 0. The molecule has 1 fully saturated rings. The highest BCUT2D eigenvalue weighted by Gasteiger charge is 2.46. The molecule has 1 saturated carbocycles. The van der Waals surface area contributed by atoms with Crippen LogP contribution in [-0.2, 0) is 20.8 Å². The van der Waals surface area contributed by atoms with E-state index in [1.54, 1.807) is 0 Å². The Morgan fingerprint density at radius 1 is 1.02 bits per heavy atom. The number of fused-ring (bicyclic) bond motifs is 5. The number of anilines is 1. The molecule has 0 amide bonds. The molecule has 8 atom stereocenters. The lowest BCUT2D eigenvalue weighted by atomic mass is 9.56. The Hall–Kier alpha value is -4.48. The summed E-state index contributed by atoms with van der Waals surface area (Å²) < 4.78 is 0. The predicted octanol–water partition coefficient (Wildman–Crippen LogP) is 5.54. The van der Waals surface area contributed by atoms with Crippen LogP contribution in [0.4, 0.5) is 5.82 Å². The van der Waals surface area contributed by atoms with Gasteiger partial charge in [0.15, 0.2) is 5.96 Å². The molecule has 284 valence electrons. The largest absolute Gasteiger partial charge is 0.478 e. The van der Waals surface area contributed by atoms with Gasteiger partial charge in [0.2, 0.25) is 0 Å². The number of carbonyl (C=O) groups excluding carboxylic acids is 2. The maximum Gasteiger partial charge on any atom is 0.328 e. The molecule has 1 aliphatic heterocycles. The number of aromatic nitrogens is 1. The van der Waals surface area contributed by atoms with Gasteiger partial charge >= 0.3 is 5.97 Å². The molecule has 0 unspecified atom stereocenters. The van der Waals surface area contributed by atoms with Crippen LogP contribution in [0.1, 0.15) is 99.2 Å². The summed E-state index contributed by atoms with van der Waals surface area (Å²) in [5.41, 5.74) is 17.4. The lowest BCUT2D eigenvalue weighted by Gasteiger charge is -2.50. The molecular formula is C42H56N6O5. The molecule has 0 saturated heterocycles. The van der Waals surface area contributed by atoms with Gasteiger partial charge in [0.25, 0.3) is 0 Å². The van der Waals surface area contributed by atoms with Crippen molar-refractivity contribution in [2.45, 2.75) is 107 Å². The summed E-state index contributed by atoms with van der Waals surface area (Å²) >= 11 is 0. The number of hydrogen-bond acceptors (Lipinski definition) is 9. The highest BCUT2D eigenvalue weighted by Crippen LogP contribution is 2.56. The minimum Gasteiger partial charge on any atom is -0.478 e. The van der Waals surface area contributed by atoms with Crippen molar-refractivity contribution in [3.05, 3.63) is 77.0 Å². The topological polar surface area (TPSA) is 196 Å². The quantitative estimate of drug-likeness (QED) is 0.0614. The van der Waals surface area contributed by atoms with E-state index >= 15 is 0 Å². The van der Waals surface area contributed by atoms with Gasteiger partial charge < -0.3 is 46.9 Å². The summed E-state index contributed by atoms with van der Waals surface area (Å²) in [5, 5.41) is 28.8. The summed E-state index contributed by atoms with van der Waals surface area (Å²) in [5.74, 6) is 1.12. The first kappa shape index (κ1) is 38.3. The van der Waals surface area contributed by atoms with Crippen molar-refractivity contribution in [3.8, 4) is 0 Å². The van der Waals surface area contributed by atoms with E-state index in [-0.39, 0.29) is 48.4 Å². The number of hydrogen-bond donors (Lipinski definition) is 7. The first-order valence-corrected chi connectivity index (χ1v) is 19.5. The van der Waals surface area contributed by atoms with Gasteiger partial charge in [0, 0.05) is 43.8 Å². The highest BCUT2D eigenvalue weighted by atomic mass is 16.4. The molecule has 2 bridgehead atoms. The number of aliphatic hydroxyl groups excluding tert-OH is 1. The third-order valence-corrected chi connectivity index (χ3v) is 12.1. The van der Waals surface area contributed by atoms with Gasteiger partial charge in [-0.2, -0.15) is 0 Å². The third kappa shape index (κ3) is 9.37. The molecule has 53 heavy (non-hydrogen) atoms. The number of guanidine groups is 1. The number of rotatable bonds is 19. The van der Waals surface area contributed by atoms with Crippen LogP contribution >= 0.6 is 0 Å². The molecule has 1 aromatic heterocycles. The van der Waals surface area contributed by atoms with Gasteiger partial charge in [-0.05, 0) is 133 Å². The summed E-state index contributed by atoms with van der Waals surface area (Å²) in [6.07, 6.45) is 14.7. The monoisotopic (exact) mass is 724 g/mol. The Labute approximate surface area is 312 Å². The Balaban J connectivity index is 1.34. The van der Waals surface area contributed by atoms with Crippen LogP contribution in [0.5, 0.6) is 0 Å². The van der Waals surface area contributed by atoms with Crippen LogP contribution in [0.2, 0.25) is 0 Å². The average molecular weight is 725 g/mol. The van der Waals surface area contributed by atoms with Crippen LogP contribution in [0.15, 0.2) is 65.3 Å². The number of carboxylic acids is 1. The van der Waals surface area contributed by atoms with Gasteiger partial charge in [-0.15, -0.1) is 0 Å². The van der Waals surface area contributed by atoms with E-state index in [4.69, 9.17) is 11.5 Å². The molecule has 3 aromatic rings. The number of carboxylic acid groups (broad SMARTS) is 1. The Morgan fingerprint density at radius 2 is 1.87 bits per heavy atom. The fraction of sp³-hybridized carbons (Fsp3) is 0.524. The van der Waals surface area contributed by atoms with Crippen molar-refractivity contribution in [2.75, 3.05) is 18.5 Å². The number of aliphatic carboxylic acids is 1. The van der Waals surface area contributed by atoms with E-state index in [0.29, 0.717) is 44.1 Å². The zero-order valence-electron chi connectivity index (χ0n) is 30.6. The number of aliphatic hydroxyl groups is 1. The number of benzene rings is 2. The second-order valence-electron chi connectivity index (χ2n) is 15.4. The lowest BCUT2D eigenvalue weighted by molar-refractivity contribution is -0.131. The summed E-state index contributed by atoms with van der Waals surface area (Å²) in [4.78, 5) is 43.1. The number of aliphatic imine (C=N–C) groups is 1. The maximum atomic E-state index is 12.5. The molecule has 6 rings (SSSR count). The van der Waals surface area contributed by atoms with Crippen LogP contribution in [0.3, 0.4) is 0 Å². The number of carbonyl (C=O) groups is 3. The number of aromatic amines is 1. The van der Waals surface area contributed by atoms with Crippen molar-refractivity contribution in [1.82, 2.24) is 10.3 Å². The summed E-state index contributed by atoms with van der Waals surface area (Å²) in [6.45, 7) is 0.612. The van der Waals surface area contributed by atoms with E-state index in [1.807, 2.05) is 24.4 Å². The molecule has 0 radical (unpaired) electrons. The smallest absolute Gasteiger partial charge is 0.328 e. The van der Waals surface area contributed by atoms with E-state index in [2.05, 4.69) is 44.9 Å². The molecule has 2 heterocycles. The van der Waals surface area contributed by atoms with Gasteiger partial charge in [0.1, 0.15) is 18.4 Å². The number of nitrogens with zero attached hydrogens (tertiary/aromatic N) is 1. The van der Waals surface area contributed by atoms with E-state index in [0.717, 1.165) is 86.3 Å². The van der Waals surface area contributed by atoms with Crippen molar-refractivity contribution >= 4 is 41.1 Å². The number of nitrogens with two attached hydrogens (primary N) is 2. The number of aldehydes is 2. The molecule has 2 aromatic carbocycles. The average Bonchev–Trinajstić information content (AvgIpc) is 3.67. The van der Waals surface area contributed by atoms with E-state index in [9.17, 15) is 24.6 Å². The van der Waals surface area contributed by atoms with Crippen molar-refractivity contribution in [3.63, 3.8) is 0 Å². The maximum absolute atomic E-state index is 12.5. The van der Waals surface area contributed by atoms with Crippen molar-refractivity contribution in [2.24, 2.45) is 34.2 Å². The van der Waals surface area contributed by atoms with Gasteiger partial charge in [-0.1, -0.05) is 36.8 Å². The third-order valence-electron chi connectivity index (χ3n) is 12.1. The fourth-order valence-electron chi connectivity index (χ4n) is 9.51. The van der Waals surface area contributed by atoms with E-state index < -0.39 is 5.97 Å². The Kier molecular flexibility index (Phi) is 13.0. The fourth-order valence-corrected chi connectivity index (χ4v) is 9.51. The molecule has 11 heteroatoms. The zero-order chi connectivity index (χ0) is 37.3. The normalized spacial score (nSPS) is 24.3.